The molecule has 2 heteroatoms. The van der Waals surface area contributed by atoms with E-state index in [1.807, 2.05) is 0 Å². The van der Waals surface area contributed by atoms with Gasteiger partial charge in [0.25, 0.3) is 0 Å². The highest BCUT2D eigenvalue weighted by molar-refractivity contribution is 5.22. The minimum absolute atomic E-state index is 0.222. The van der Waals surface area contributed by atoms with Crippen LogP contribution in [0.2, 0.25) is 0 Å². The van der Waals surface area contributed by atoms with Crippen molar-refractivity contribution in [2.45, 2.75) is 0 Å². The molecule has 0 bridgehead atoms. The lowest BCUT2D eigenvalue weighted by atomic mass is 11.2. The predicted octanol–water partition coefficient (Wildman–Crippen LogP) is -0.520. The van der Waals surface area contributed by atoms with Crippen LogP contribution < -0.4 is 5.73 Å². The molecule has 2 N–H and O–H groups in total. The maximum absolute atomic E-state index is 4.74. The highest BCUT2D eigenvalue weighted by Gasteiger charge is 1.42. The average molecular weight is 57.1 g/mol. The molecule has 0 spiro atoms. The van der Waals surface area contributed by atoms with E-state index < -0.39 is 0 Å². The Kier molecular flexibility index (Phi) is 2.39. The fourth-order valence-corrected chi connectivity index (χ4v) is 0. The summed E-state index contributed by atoms with van der Waals surface area (Å²) in [5.41, 5.74) is 4.74. The Morgan fingerprint density at radius 3 is 2.25 bits per heavy atom. The van der Waals surface area contributed by atoms with E-state index in [1.165, 1.54) is 0 Å². The molecule has 0 atom stereocenters. The second-order valence-corrected chi connectivity index (χ2v) is 0.365. The van der Waals surface area contributed by atoms with Crippen molar-refractivity contribution in [3.63, 3.8) is 0 Å². The SMILES string of the molecule is [CH]=NCN. The van der Waals surface area contributed by atoms with Crippen molar-refractivity contribution in [2.75, 3.05) is 6.67 Å². The molecule has 0 aliphatic heterocycles. The second kappa shape index (κ2) is 2.63. The van der Waals surface area contributed by atoms with Crippen LogP contribution in [0.5, 0.6) is 0 Å². The summed E-state index contributed by atoms with van der Waals surface area (Å²) in [6.07, 6.45) is 0. The van der Waals surface area contributed by atoms with Gasteiger partial charge in [-0.25, -0.2) is 0 Å². The molecule has 0 rings (SSSR count). The van der Waals surface area contributed by atoms with Crippen LogP contribution in [-0.2, 0) is 0 Å². The summed E-state index contributed by atoms with van der Waals surface area (Å²) in [5.74, 6) is 0. The summed E-state index contributed by atoms with van der Waals surface area (Å²) in [5, 5.41) is 0. The van der Waals surface area contributed by atoms with E-state index in [-0.39, 0.29) is 6.67 Å². The molecule has 0 heterocycles. The van der Waals surface area contributed by atoms with Crippen molar-refractivity contribution < 1.29 is 0 Å². The van der Waals surface area contributed by atoms with E-state index >= 15 is 0 Å². The molecule has 0 aromatic carbocycles. The molecule has 0 saturated carbocycles. The number of hydrogen-bond acceptors (Lipinski definition) is 2. The predicted molar refractivity (Wildman–Crippen MR) is 17.5 cm³/mol. The van der Waals surface area contributed by atoms with Gasteiger partial charge in [-0.05, 0) is 0 Å². The zero-order valence-corrected chi connectivity index (χ0v) is 2.31. The Labute approximate surface area is 25.3 Å². The van der Waals surface area contributed by atoms with Crippen molar-refractivity contribution in [1.82, 2.24) is 0 Å². The molecule has 2 nitrogen and oxygen atoms in total. The summed E-state index contributed by atoms with van der Waals surface area (Å²) >= 11 is 0. The van der Waals surface area contributed by atoms with Crippen molar-refractivity contribution in [1.29, 1.82) is 0 Å². The molecular formula is C2H5N2. The van der Waals surface area contributed by atoms with Crippen LogP contribution in [0.3, 0.4) is 0 Å². The molecule has 0 aliphatic rings. The molecule has 0 fully saturated rings. The number of nitrogens with two attached hydrogens (primary N) is 1. The molecule has 0 unspecified atom stereocenters. The first-order chi connectivity index (χ1) is 1.91. The zero-order chi connectivity index (χ0) is 3.41. The standard InChI is InChI=1S/C2H5N2/c1-4-2-3/h1H,2-3H2. The van der Waals surface area contributed by atoms with E-state index in [2.05, 4.69) is 11.7 Å². The number of aliphatic imine (C=N–C) groups is 1. The van der Waals surface area contributed by atoms with Gasteiger partial charge in [-0.15, -0.1) is 0 Å². The van der Waals surface area contributed by atoms with Crippen LogP contribution in [-0.4, -0.2) is 13.4 Å². The monoisotopic (exact) mass is 57.0 g/mol. The van der Waals surface area contributed by atoms with Crippen LogP contribution in [0.25, 0.3) is 0 Å². The lowest BCUT2D eigenvalue weighted by Gasteiger charge is -1.63. The third kappa shape index (κ3) is 1.63. The molecule has 0 aliphatic carbocycles. The fourth-order valence-electron chi connectivity index (χ4n) is 0. The summed E-state index contributed by atoms with van der Waals surface area (Å²) in [6, 6.07) is 0. The number of nitrogens with zero attached hydrogens (tertiary/aromatic N) is 1. The maximum atomic E-state index is 4.74. The number of rotatable bonds is 1. The Hall–Kier alpha value is -0.370. The highest BCUT2D eigenvalue weighted by Crippen LogP contribution is 1.36. The molecule has 0 aromatic heterocycles. The van der Waals surface area contributed by atoms with E-state index in [0.717, 1.165) is 0 Å². The molecule has 23 valence electrons. The normalized spacial score (nSPS) is 6.25. The minimum atomic E-state index is 0.222. The molecule has 0 amide bonds. The van der Waals surface area contributed by atoms with Crippen LogP contribution in [0, 0.1) is 0 Å². The summed E-state index contributed by atoms with van der Waals surface area (Å²) in [4.78, 5) is 3.01. The third-order valence-corrected chi connectivity index (χ3v) is 0.105. The fraction of sp³-hybridized carbons (Fsp3) is 0.500. The Morgan fingerprint density at radius 1 is 2.00 bits per heavy atom. The van der Waals surface area contributed by atoms with Gasteiger partial charge in [0.15, 0.2) is 0 Å². The van der Waals surface area contributed by atoms with Gasteiger partial charge in [-0.3, -0.25) is 4.99 Å². The van der Waals surface area contributed by atoms with Crippen molar-refractivity contribution in [3.05, 3.63) is 0 Å². The van der Waals surface area contributed by atoms with E-state index in [1.54, 1.807) is 0 Å². The Balaban J connectivity index is 2.30. The Bertz CT molecular complexity index is 18.0. The van der Waals surface area contributed by atoms with Gasteiger partial charge in [-0.2, -0.15) is 0 Å². The van der Waals surface area contributed by atoms with Gasteiger partial charge < -0.3 is 5.73 Å². The molecule has 0 aromatic rings. The van der Waals surface area contributed by atoms with Gasteiger partial charge in [-0.1, -0.05) is 0 Å². The summed E-state index contributed by atoms with van der Waals surface area (Å²) in [6.45, 7) is 4.75. The maximum Gasteiger partial charge on any atom is 0.0860 e. The topological polar surface area (TPSA) is 38.4 Å². The number of hydrogen-bond donors (Lipinski definition) is 1. The average Bonchev–Trinajstić information content (AvgIpc) is 1.37. The Morgan fingerprint density at radius 2 is 2.25 bits per heavy atom. The van der Waals surface area contributed by atoms with Gasteiger partial charge in [0.1, 0.15) is 0 Å². The first-order valence-corrected chi connectivity index (χ1v) is 0.983. The van der Waals surface area contributed by atoms with Crippen LogP contribution >= 0.6 is 0 Å². The van der Waals surface area contributed by atoms with Crippen LogP contribution in [0.15, 0.2) is 4.99 Å². The summed E-state index contributed by atoms with van der Waals surface area (Å²) in [7, 11) is 0. The van der Waals surface area contributed by atoms with Gasteiger partial charge in [0.05, 0.1) is 6.67 Å². The molecule has 4 heavy (non-hydrogen) atoms. The van der Waals surface area contributed by atoms with Crippen molar-refractivity contribution >= 4 is 6.72 Å². The lowest BCUT2D eigenvalue weighted by Crippen LogP contribution is -1.90. The van der Waals surface area contributed by atoms with Gasteiger partial charge >= 0.3 is 0 Å². The van der Waals surface area contributed by atoms with E-state index in [0.29, 0.717) is 0 Å². The largest absolute Gasteiger partial charge is 0.312 e. The lowest BCUT2D eigenvalue weighted by molar-refractivity contribution is 1.08. The molecule has 0 saturated heterocycles. The first kappa shape index (κ1) is 3.63. The molecule has 1 radical (unpaired) electrons. The first-order valence-electron chi connectivity index (χ1n) is 0.983. The smallest absolute Gasteiger partial charge is 0.0860 e. The zero-order valence-electron chi connectivity index (χ0n) is 2.31. The minimum Gasteiger partial charge on any atom is -0.312 e. The van der Waals surface area contributed by atoms with Gasteiger partial charge in [0.2, 0.25) is 0 Å². The quantitative estimate of drug-likeness (QED) is 0.404. The second-order valence-electron chi connectivity index (χ2n) is 0.365. The van der Waals surface area contributed by atoms with Crippen LogP contribution in [0.4, 0.5) is 0 Å². The van der Waals surface area contributed by atoms with Crippen LogP contribution in [0.1, 0.15) is 0 Å². The van der Waals surface area contributed by atoms with E-state index in [9.17, 15) is 0 Å². The van der Waals surface area contributed by atoms with E-state index in [4.69, 9.17) is 5.73 Å². The highest BCUT2D eigenvalue weighted by atomic mass is 14.8. The van der Waals surface area contributed by atoms with Crippen molar-refractivity contribution in [2.24, 2.45) is 10.7 Å². The third-order valence-electron chi connectivity index (χ3n) is 0.105. The van der Waals surface area contributed by atoms with Crippen molar-refractivity contribution in [3.8, 4) is 0 Å². The van der Waals surface area contributed by atoms with Gasteiger partial charge in [0, 0.05) is 6.72 Å². The summed E-state index contributed by atoms with van der Waals surface area (Å²) < 4.78 is 0. The molecular weight excluding hydrogens is 52.0 g/mol.